The largest absolute Gasteiger partial charge is 0.264 e. The average molecular weight is 521 g/mol. The molecule has 0 aliphatic rings. The van der Waals surface area contributed by atoms with Gasteiger partial charge in [0.1, 0.15) is 0 Å². The molecule has 0 radical (unpaired) electrons. The third-order valence-electron chi connectivity index (χ3n) is 6.92. The molecule has 0 fully saturated rings. The highest BCUT2D eigenvalue weighted by Crippen LogP contribution is 2.34. The van der Waals surface area contributed by atoms with E-state index in [1.807, 2.05) is 42.6 Å². The summed E-state index contributed by atoms with van der Waals surface area (Å²) < 4.78 is 0. The molecule has 2 aromatic heterocycles. The van der Waals surface area contributed by atoms with Crippen LogP contribution < -0.4 is 0 Å². The summed E-state index contributed by atoms with van der Waals surface area (Å²) in [6.45, 7) is 0. The minimum absolute atomic E-state index is 0.168. The zero-order valence-corrected chi connectivity index (χ0v) is 21.5. The first-order chi connectivity index (χ1) is 19.2. The van der Waals surface area contributed by atoms with E-state index in [0.29, 0.717) is 11.6 Å². The Balaban J connectivity index is 1.29. The molecule has 7 aromatic rings. The number of aromatic nitrogens is 4. The lowest BCUT2D eigenvalue weighted by Gasteiger charge is -2.11. The predicted octanol–water partition coefficient (Wildman–Crippen LogP) is 8.89. The summed E-state index contributed by atoms with van der Waals surface area (Å²) in [6.07, 6.45) is 3.68. The minimum atomic E-state index is 0.168. The number of hydrogen-bond acceptors (Lipinski definition) is 4. The Labute approximate surface area is 230 Å². The molecule has 0 N–H and O–H groups in total. The smallest absolute Gasteiger partial charge is 0.226 e. The Morgan fingerprint density at radius 2 is 1.15 bits per heavy atom. The molecule has 0 aliphatic carbocycles. The van der Waals surface area contributed by atoms with Crippen LogP contribution in [0.4, 0.5) is 0 Å². The third kappa shape index (κ3) is 4.52. The van der Waals surface area contributed by atoms with E-state index in [1.54, 1.807) is 6.20 Å². The molecule has 0 saturated heterocycles. The topological polar surface area (TPSA) is 51.6 Å². The molecule has 4 nitrogen and oxygen atoms in total. The van der Waals surface area contributed by atoms with Gasteiger partial charge in [0.05, 0.1) is 0 Å². The Morgan fingerprint density at radius 3 is 2.00 bits per heavy atom. The van der Waals surface area contributed by atoms with Crippen molar-refractivity contribution in [3.63, 3.8) is 0 Å². The third-order valence-corrected chi connectivity index (χ3v) is 7.09. The summed E-state index contributed by atoms with van der Waals surface area (Å²) in [4.78, 5) is 18.0. The van der Waals surface area contributed by atoms with Crippen LogP contribution in [-0.2, 0) is 0 Å². The maximum absolute atomic E-state index is 6.40. The van der Waals surface area contributed by atoms with E-state index < -0.39 is 0 Å². The first-order valence-electron chi connectivity index (χ1n) is 12.7. The van der Waals surface area contributed by atoms with Crippen LogP contribution in [0.3, 0.4) is 0 Å². The Kier molecular flexibility index (Phi) is 5.80. The normalized spacial score (nSPS) is 11.2. The summed E-state index contributed by atoms with van der Waals surface area (Å²) in [5.74, 6) is 1.09. The molecule has 0 atom stereocenters. The van der Waals surface area contributed by atoms with Gasteiger partial charge in [-0.1, -0.05) is 91.0 Å². The maximum atomic E-state index is 6.40. The number of pyridine rings is 1. The highest BCUT2D eigenvalue weighted by Gasteiger charge is 2.12. The van der Waals surface area contributed by atoms with Crippen LogP contribution in [0, 0.1) is 0 Å². The standard InChI is InChI=1S/C34H21ClN4/c35-34-38-32(37-33(39-34)28-14-13-22-6-1-2-7-23(22)19-28)27-10-3-8-26(20-27)30-12-4-9-25-18-24(15-16-31(25)30)29-11-5-17-36-21-29/h1-21H. The van der Waals surface area contributed by atoms with E-state index in [0.717, 1.165) is 44.2 Å². The van der Waals surface area contributed by atoms with Gasteiger partial charge in [0.25, 0.3) is 0 Å². The molecule has 0 saturated carbocycles. The molecule has 0 bridgehead atoms. The van der Waals surface area contributed by atoms with Gasteiger partial charge in [-0.3, -0.25) is 4.98 Å². The molecule has 0 amide bonds. The highest BCUT2D eigenvalue weighted by atomic mass is 35.5. The van der Waals surface area contributed by atoms with Gasteiger partial charge in [0.2, 0.25) is 5.28 Å². The van der Waals surface area contributed by atoms with Crippen molar-refractivity contribution in [2.45, 2.75) is 0 Å². The van der Waals surface area contributed by atoms with E-state index in [9.17, 15) is 0 Å². The van der Waals surface area contributed by atoms with Crippen LogP contribution in [0.25, 0.3) is 66.6 Å². The monoisotopic (exact) mass is 520 g/mol. The fourth-order valence-corrected chi connectivity index (χ4v) is 5.17. The summed E-state index contributed by atoms with van der Waals surface area (Å²) in [5.41, 5.74) is 6.23. The van der Waals surface area contributed by atoms with Gasteiger partial charge in [0.15, 0.2) is 11.6 Å². The van der Waals surface area contributed by atoms with Gasteiger partial charge >= 0.3 is 0 Å². The van der Waals surface area contributed by atoms with Crippen LogP contribution in [0.5, 0.6) is 0 Å². The summed E-state index contributed by atoms with van der Waals surface area (Å²) in [5, 5.41) is 4.80. The zero-order chi connectivity index (χ0) is 26.2. The van der Waals surface area contributed by atoms with E-state index in [2.05, 4.69) is 93.8 Å². The Hall–Kier alpha value is -4.93. The first kappa shape index (κ1) is 23.2. The van der Waals surface area contributed by atoms with Crippen LogP contribution in [0.1, 0.15) is 0 Å². The van der Waals surface area contributed by atoms with Gasteiger partial charge < -0.3 is 0 Å². The van der Waals surface area contributed by atoms with Crippen molar-refractivity contribution < 1.29 is 0 Å². The van der Waals surface area contributed by atoms with E-state index in [4.69, 9.17) is 16.6 Å². The molecule has 5 heteroatoms. The van der Waals surface area contributed by atoms with Crippen molar-refractivity contribution >= 4 is 33.1 Å². The maximum Gasteiger partial charge on any atom is 0.226 e. The highest BCUT2D eigenvalue weighted by molar-refractivity contribution is 6.28. The van der Waals surface area contributed by atoms with E-state index in [-0.39, 0.29) is 5.28 Å². The number of nitrogens with zero attached hydrogens (tertiary/aromatic N) is 4. The summed E-state index contributed by atoms with van der Waals surface area (Å²) >= 11 is 6.40. The van der Waals surface area contributed by atoms with Crippen molar-refractivity contribution in [1.29, 1.82) is 0 Å². The van der Waals surface area contributed by atoms with Gasteiger partial charge in [-0.15, -0.1) is 0 Å². The van der Waals surface area contributed by atoms with E-state index in [1.165, 1.54) is 10.8 Å². The molecule has 5 aromatic carbocycles. The van der Waals surface area contributed by atoms with Crippen molar-refractivity contribution in [3.05, 3.63) is 133 Å². The van der Waals surface area contributed by atoms with Crippen molar-refractivity contribution in [1.82, 2.24) is 19.9 Å². The van der Waals surface area contributed by atoms with Crippen molar-refractivity contribution in [2.75, 3.05) is 0 Å². The number of rotatable bonds is 4. The molecular weight excluding hydrogens is 500 g/mol. The number of hydrogen-bond donors (Lipinski definition) is 0. The van der Waals surface area contributed by atoms with Crippen molar-refractivity contribution in [3.8, 4) is 45.0 Å². The van der Waals surface area contributed by atoms with Crippen molar-refractivity contribution in [2.24, 2.45) is 0 Å². The van der Waals surface area contributed by atoms with E-state index >= 15 is 0 Å². The van der Waals surface area contributed by atoms with Crippen LogP contribution in [0.15, 0.2) is 128 Å². The lowest BCUT2D eigenvalue weighted by Crippen LogP contribution is -1.97. The van der Waals surface area contributed by atoms with Crippen LogP contribution in [-0.4, -0.2) is 19.9 Å². The molecular formula is C34H21ClN4. The lowest BCUT2D eigenvalue weighted by atomic mass is 9.94. The Morgan fingerprint density at radius 1 is 0.462 bits per heavy atom. The molecule has 184 valence electrons. The second-order valence-electron chi connectivity index (χ2n) is 9.38. The quantitative estimate of drug-likeness (QED) is 0.232. The molecule has 0 aliphatic heterocycles. The zero-order valence-electron chi connectivity index (χ0n) is 20.8. The number of halogens is 1. The molecule has 0 spiro atoms. The van der Waals surface area contributed by atoms with Gasteiger partial charge in [-0.25, -0.2) is 4.98 Å². The Bertz CT molecular complexity index is 1990. The summed E-state index contributed by atoms with van der Waals surface area (Å²) in [6, 6.07) is 39.6. The van der Waals surface area contributed by atoms with Gasteiger partial charge in [-0.2, -0.15) is 9.97 Å². The fraction of sp³-hybridized carbons (Fsp3) is 0. The van der Waals surface area contributed by atoms with Crippen LogP contribution >= 0.6 is 11.6 Å². The van der Waals surface area contributed by atoms with Gasteiger partial charge in [-0.05, 0) is 74.1 Å². The van der Waals surface area contributed by atoms with Gasteiger partial charge in [0, 0.05) is 29.1 Å². The lowest BCUT2D eigenvalue weighted by molar-refractivity contribution is 1.07. The number of benzene rings is 5. The first-order valence-corrected chi connectivity index (χ1v) is 13.0. The molecule has 0 unspecified atom stereocenters. The second-order valence-corrected chi connectivity index (χ2v) is 9.72. The molecule has 2 heterocycles. The second kappa shape index (κ2) is 9.75. The SMILES string of the molecule is Clc1nc(-c2cccc(-c3cccc4cc(-c5cccnc5)ccc34)c2)nc(-c2ccc3ccccc3c2)n1. The van der Waals surface area contributed by atoms with Crippen LogP contribution in [0.2, 0.25) is 5.28 Å². The number of fused-ring (bicyclic) bond motifs is 2. The fourth-order valence-electron chi connectivity index (χ4n) is 5.01. The average Bonchev–Trinajstić information content (AvgIpc) is 3.00. The summed E-state index contributed by atoms with van der Waals surface area (Å²) in [7, 11) is 0. The predicted molar refractivity (Wildman–Crippen MR) is 159 cm³/mol. The molecule has 7 rings (SSSR count). The minimum Gasteiger partial charge on any atom is -0.264 e. The molecule has 39 heavy (non-hydrogen) atoms.